The molecule has 0 atom stereocenters. The molecule has 3 N–H and O–H groups in total. The second-order valence-corrected chi connectivity index (χ2v) is 8.58. The van der Waals surface area contributed by atoms with Gasteiger partial charge in [0.25, 0.3) is 0 Å². The Hall–Kier alpha value is -2.60. The van der Waals surface area contributed by atoms with Gasteiger partial charge in [0.05, 0.1) is 11.0 Å². The molecule has 0 spiro atoms. The summed E-state index contributed by atoms with van der Waals surface area (Å²) in [5, 5.41) is 14.2. The first-order valence-electron chi connectivity index (χ1n) is 11.0. The molecule has 0 fully saturated rings. The van der Waals surface area contributed by atoms with Crippen molar-refractivity contribution in [3.8, 4) is 0 Å². The van der Waals surface area contributed by atoms with Crippen LogP contribution in [-0.4, -0.2) is 36.1 Å². The van der Waals surface area contributed by atoms with E-state index < -0.39 is 0 Å². The molecule has 0 unspecified atom stereocenters. The summed E-state index contributed by atoms with van der Waals surface area (Å²) in [6, 6.07) is 15.7. The van der Waals surface area contributed by atoms with Crippen LogP contribution in [0.3, 0.4) is 0 Å². The molecule has 7 heteroatoms. The van der Waals surface area contributed by atoms with Crippen molar-refractivity contribution < 1.29 is 0 Å². The summed E-state index contributed by atoms with van der Waals surface area (Å²) in [7, 11) is 0. The molecule has 166 valence electrons. The van der Waals surface area contributed by atoms with Gasteiger partial charge in [0.15, 0.2) is 0 Å². The fraction of sp³-hybridized carbons (Fsp3) is 0.280. The van der Waals surface area contributed by atoms with Crippen molar-refractivity contribution in [1.29, 1.82) is 0 Å². The van der Waals surface area contributed by atoms with E-state index in [1.807, 2.05) is 60.9 Å². The molecule has 0 amide bonds. The summed E-state index contributed by atoms with van der Waals surface area (Å²) in [5.41, 5.74) is 4.04. The van der Waals surface area contributed by atoms with Crippen molar-refractivity contribution in [2.45, 2.75) is 19.3 Å². The van der Waals surface area contributed by atoms with Gasteiger partial charge in [-0.3, -0.25) is 9.97 Å². The normalized spacial score (nSPS) is 11.2. The van der Waals surface area contributed by atoms with Crippen molar-refractivity contribution in [3.05, 3.63) is 71.0 Å². The van der Waals surface area contributed by atoms with Crippen LogP contribution in [0.4, 0.5) is 11.4 Å². The molecule has 4 rings (SSSR count). The molecular formula is C25H27Cl2N5. The maximum absolute atomic E-state index is 6.06. The van der Waals surface area contributed by atoms with Gasteiger partial charge in [-0.25, -0.2) is 0 Å². The molecule has 4 aromatic rings. The Labute approximate surface area is 198 Å². The van der Waals surface area contributed by atoms with Gasteiger partial charge < -0.3 is 16.0 Å². The minimum atomic E-state index is 0.709. The van der Waals surface area contributed by atoms with E-state index in [2.05, 4.69) is 25.9 Å². The first-order valence-corrected chi connectivity index (χ1v) is 11.7. The van der Waals surface area contributed by atoms with Crippen LogP contribution in [0, 0.1) is 0 Å². The molecule has 32 heavy (non-hydrogen) atoms. The van der Waals surface area contributed by atoms with Gasteiger partial charge >= 0.3 is 0 Å². The topological polar surface area (TPSA) is 61.9 Å². The van der Waals surface area contributed by atoms with Gasteiger partial charge in [-0.2, -0.15) is 0 Å². The largest absolute Gasteiger partial charge is 0.384 e. The van der Waals surface area contributed by atoms with Crippen molar-refractivity contribution in [1.82, 2.24) is 15.3 Å². The van der Waals surface area contributed by atoms with Crippen LogP contribution in [0.15, 0.2) is 60.9 Å². The number of benzene rings is 2. The van der Waals surface area contributed by atoms with Crippen LogP contribution in [0.25, 0.3) is 21.8 Å². The zero-order chi connectivity index (χ0) is 22.2. The number of fused-ring (bicyclic) bond motifs is 2. The van der Waals surface area contributed by atoms with E-state index in [-0.39, 0.29) is 0 Å². The Morgan fingerprint density at radius 1 is 0.594 bits per heavy atom. The summed E-state index contributed by atoms with van der Waals surface area (Å²) in [4.78, 5) is 8.77. The molecule has 0 saturated carbocycles. The third-order valence-electron chi connectivity index (χ3n) is 5.35. The number of nitrogens with zero attached hydrogens (tertiary/aromatic N) is 2. The highest BCUT2D eigenvalue weighted by Crippen LogP contribution is 2.25. The van der Waals surface area contributed by atoms with Gasteiger partial charge in [-0.1, -0.05) is 23.2 Å². The van der Waals surface area contributed by atoms with E-state index in [0.717, 1.165) is 78.6 Å². The summed E-state index contributed by atoms with van der Waals surface area (Å²) in [5.74, 6) is 0. The number of hydrogen-bond donors (Lipinski definition) is 3. The molecule has 5 nitrogen and oxygen atoms in total. The van der Waals surface area contributed by atoms with E-state index in [0.29, 0.717) is 10.0 Å². The Morgan fingerprint density at radius 3 is 1.69 bits per heavy atom. The average molecular weight is 468 g/mol. The van der Waals surface area contributed by atoms with E-state index in [1.165, 1.54) is 0 Å². The van der Waals surface area contributed by atoms with Crippen LogP contribution in [-0.2, 0) is 0 Å². The lowest BCUT2D eigenvalue weighted by molar-refractivity contribution is 0.619. The number of rotatable bonds is 11. The molecule has 0 aliphatic heterocycles. The van der Waals surface area contributed by atoms with Crippen molar-refractivity contribution in [2.75, 3.05) is 36.8 Å². The van der Waals surface area contributed by atoms with Gasteiger partial charge in [-0.05, 0) is 80.9 Å². The Balaban J connectivity index is 1.10. The number of unbranched alkanes of at least 4 members (excludes halogenated alkanes) is 1. The van der Waals surface area contributed by atoms with Crippen LogP contribution in [0.2, 0.25) is 10.0 Å². The molecule has 0 aliphatic rings. The highest BCUT2D eigenvalue weighted by atomic mass is 35.5. The highest BCUT2D eigenvalue weighted by Gasteiger charge is 2.03. The molecule has 0 bridgehead atoms. The van der Waals surface area contributed by atoms with Crippen LogP contribution in [0.5, 0.6) is 0 Å². The summed E-state index contributed by atoms with van der Waals surface area (Å²) in [6.07, 6.45) is 6.93. The minimum absolute atomic E-state index is 0.709. The summed E-state index contributed by atoms with van der Waals surface area (Å²) >= 11 is 12.1. The second-order valence-electron chi connectivity index (χ2n) is 7.70. The molecule has 2 heterocycles. The molecular weight excluding hydrogens is 441 g/mol. The van der Waals surface area contributed by atoms with Gasteiger partial charge in [0.1, 0.15) is 0 Å². The fourth-order valence-electron chi connectivity index (χ4n) is 3.71. The zero-order valence-corrected chi connectivity index (χ0v) is 19.4. The SMILES string of the molecule is Clc1ccc2c(NCCCCNCCCNc3ccnc4cc(Cl)ccc34)ccnc2c1. The Morgan fingerprint density at radius 2 is 1.09 bits per heavy atom. The molecule has 2 aromatic heterocycles. The Kier molecular flexibility index (Phi) is 7.99. The van der Waals surface area contributed by atoms with E-state index >= 15 is 0 Å². The van der Waals surface area contributed by atoms with Crippen LogP contribution in [0.1, 0.15) is 19.3 Å². The van der Waals surface area contributed by atoms with Gasteiger partial charge in [-0.15, -0.1) is 0 Å². The van der Waals surface area contributed by atoms with Crippen molar-refractivity contribution >= 4 is 56.4 Å². The minimum Gasteiger partial charge on any atom is -0.384 e. The number of hydrogen-bond acceptors (Lipinski definition) is 5. The molecule has 2 aromatic carbocycles. The van der Waals surface area contributed by atoms with Crippen molar-refractivity contribution in [2.24, 2.45) is 0 Å². The predicted octanol–water partition coefficient (Wildman–Crippen LogP) is 6.37. The maximum Gasteiger partial charge on any atom is 0.0737 e. The number of aromatic nitrogens is 2. The second kappa shape index (κ2) is 11.3. The smallest absolute Gasteiger partial charge is 0.0737 e. The first kappa shape index (κ1) is 22.6. The maximum atomic E-state index is 6.06. The van der Waals surface area contributed by atoms with Crippen LogP contribution >= 0.6 is 23.2 Å². The molecule has 0 aliphatic carbocycles. The average Bonchev–Trinajstić information content (AvgIpc) is 2.80. The molecule has 0 saturated heterocycles. The van der Waals surface area contributed by atoms with E-state index in [1.54, 1.807) is 0 Å². The predicted molar refractivity (Wildman–Crippen MR) is 137 cm³/mol. The Bertz CT molecular complexity index is 1090. The van der Waals surface area contributed by atoms with Gasteiger partial charge in [0.2, 0.25) is 0 Å². The quantitative estimate of drug-likeness (QED) is 0.223. The lowest BCUT2D eigenvalue weighted by Gasteiger charge is -2.11. The van der Waals surface area contributed by atoms with Crippen LogP contribution < -0.4 is 16.0 Å². The first-order chi connectivity index (χ1) is 15.7. The van der Waals surface area contributed by atoms with Crippen molar-refractivity contribution in [3.63, 3.8) is 0 Å². The third-order valence-corrected chi connectivity index (χ3v) is 5.82. The standard InChI is InChI=1S/C25H27Cl2N5/c26-18-4-6-20-22(8-14-31-24(20)16-18)29-12-2-1-10-28-11-3-13-30-23-9-15-32-25-17-19(27)5-7-21(23)25/h4-9,14-17,28H,1-3,10-13H2,(H,29,31)(H,30,32). The van der Waals surface area contributed by atoms with E-state index in [4.69, 9.17) is 23.2 Å². The number of nitrogens with one attached hydrogen (secondary N) is 3. The summed E-state index contributed by atoms with van der Waals surface area (Å²) < 4.78 is 0. The molecule has 0 radical (unpaired) electrons. The third kappa shape index (κ3) is 6.00. The lowest BCUT2D eigenvalue weighted by Crippen LogP contribution is -2.20. The highest BCUT2D eigenvalue weighted by molar-refractivity contribution is 6.31. The lowest BCUT2D eigenvalue weighted by atomic mass is 10.2. The fourth-order valence-corrected chi connectivity index (χ4v) is 4.04. The monoisotopic (exact) mass is 467 g/mol. The number of pyridine rings is 2. The number of halogens is 2. The number of anilines is 2. The van der Waals surface area contributed by atoms with E-state index in [9.17, 15) is 0 Å². The zero-order valence-electron chi connectivity index (χ0n) is 17.9. The van der Waals surface area contributed by atoms with Gasteiger partial charge in [0, 0.05) is 57.7 Å². The summed E-state index contributed by atoms with van der Waals surface area (Å²) in [6.45, 7) is 3.86.